The molecule has 0 unspecified atom stereocenters. The molecule has 2 aromatic rings. The average Bonchev–Trinajstić information content (AvgIpc) is 3.26. The van der Waals surface area contributed by atoms with Crippen LogP contribution in [-0.4, -0.2) is 146 Å². The zero-order chi connectivity index (χ0) is 48.1. The van der Waals surface area contributed by atoms with E-state index in [4.69, 9.17) is 42.6 Å². The molecule has 18 nitrogen and oxygen atoms in total. The number of carboxylic acid groups (broad SMARTS) is 1. The highest BCUT2D eigenvalue weighted by atomic mass is 16.7. The minimum absolute atomic E-state index is 0.00181. The van der Waals surface area contributed by atoms with Crippen LogP contribution >= 0.6 is 0 Å². The van der Waals surface area contributed by atoms with E-state index in [1.807, 2.05) is 20.8 Å². The van der Waals surface area contributed by atoms with Gasteiger partial charge < -0.3 is 73.3 Å². The van der Waals surface area contributed by atoms with Gasteiger partial charge in [-0.3, -0.25) is 14.4 Å². The lowest BCUT2D eigenvalue weighted by molar-refractivity contribution is -0.303. The summed E-state index contributed by atoms with van der Waals surface area (Å²) >= 11 is 0. The number of carbonyl (C=O) groups excluding carboxylic acids is 2. The number of aromatic hydroxyl groups is 2. The van der Waals surface area contributed by atoms with Gasteiger partial charge in [-0.05, 0) is 84.9 Å². The molecule has 5 aliphatic heterocycles. The Labute approximate surface area is 389 Å². The Balaban J connectivity index is 0.901. The van der Waals surface area contributed by atoms with Gasteiger partial charge in [-0.25, -0.2) is 0 Å². The summed E-state index contributed by atoms with van der Waals surface area (Å²) in [6.07, 6.45) is -5.22. The quantitative estimate of drug-likeness (QED) is 0.134. The second kappa shape index (κ2) is 20.4. The summed E-state index contributed by atoms with van der Waals surface area (Å²) in [4.78, 5) is 40.5. The fourth-order valence-electron chi connectivity index (χ4n) is 10.4. The SMILES string of the molecule is C[C@@H]1O[C@@H](O[C@H]2[C@H](O)C[C@H](c3ccc4c(c3O)C(=O)c3ccc(C[C@](C)(CC(=O)O)O[C@H]5CC[C@H](O[C@H]6CC[C@H](O)[C@H](C)O6)[C@H](C)O5)c(O)c3C4=O)O[C@@H]2C)CC[C@@H]1O[C@H]1CC[C@H](O)[C@H](C)O1. The lowest BCUT2D eigenvalue weighted by Gasteiger charge is -2.43. The fraction of sp³-hybridized carbons (Fsp3) is 0.694. The molecule has 67 heavy (non-hydrogen) atoms. The van der Waals surface area contributed by atoms with E-state index in [9.17, 15) is 45.0 Å². The van der Waals surface area contributed by atoms with E-state index < -0.39 is 109 Å². The van der Waals surface area contributed by atoms with Gasteiger partial charge in [0.2, 0.25) is 0 Å². The predicted molar refractivity (Wildman–Crippen MR) is 233 cm³/mol. The van der Waals surface area contributed by atoms with Crippen molar-refractivity contribution in [2.75, 3.05) is 0 Å². The Morgan fingerprint density at radius 1 is 0.612 bits per heavy atom. The van der Waals surface area contributed by atoms with E-state index in [0.717, 1.165) is 0 Å². The first-order valence-corrected chi connectivity index (χ1v) is 23.8. The van der Waals surface area contributed by atoms with E-state index in [0.29, 0.717) is 51.4 Å². The van der Waals surface area contributed by atoms with Crippen molar-refractivity contribution in [1.29, 1.82) is 0 Å². The van der Waals surface area contributed by atoms with Crippen molar-refractivity contribution in [3.63, 3.8) is 0 Å². The number of ketones is 2. The summed E-state index contributed by atoms with van der Waals surface area (Å²) in [5.41, 5.74) is -1.88. The summed E-state index contributed by atoms with van der Waals surface area (Å²) in [5.74, 6) is -3.57. The topological polar surface area (TPSA) is 256 Å². The summed E-state index contributed by atoms with van der Waals surface area (Å²) < 4.78 is 55.2. The third kappa shape index (κ3) is 10.8. The number of phenols is 2. The maximum absolute atomic E-state index is 14.1. The number of carboxylic acids is 1. The van der Waals surface area contributed by atoms with Gasteiger partial charge in [-0.15, -0.1) is 0 Å². The van der Waals surface area contributed by atoms with Gasteiger partial charge in [-0.1, -0.05) is 12.1 Å². The maximum Gasteiger partial charge on any atom is 0.306 e. The molecule has 5 fully saturated rings. The number of carbonyl (C=O) groups is 3. The van der Waals surface area contributed by atoms with Crippen LogP contribution in [0.1, 0.15) is 155 Å². The molecule has 5 saturated heterocycles. The van der Waals surface area contributed by atoms with Crippen LogP contribution in [0, 0.1) is 0 Å². The lowest BCUT2D eigenvalue weighted by Crippen LogP contribution is -2.50. The van der Waals surface area contributed by atoms with Crippen molar-refractivity contribution in [3.05, 3.63) is 57.6 Å². The third-order valence-electron chi connectivity index (χ3n) is 14.3. The monoisotopic (exact) mass is 942 g/mol. The molecule has 0 radical (unpaired) electrons. The molecule has 17 atom stereocenters. The van der Waals surface area contributed by atoms with Crippen LogP contribution < -0.4 is 0 Å². The van der Waals surface area contributed by atoms with Crippen molar-refractivity contribution in [3.8, 4) is 11.5 Å². The van der Waals surface area contributed by atoms with Crippen LogP contribution in [0.2, 0.25) is 0 Å². The molecule has 0 saturated carbocycles. The highest BCUT2D eigenvalue weighted by molar-refractivity contribution is 6.30. The molecule has 6 N–H and O–H groups in total. The maximum atomic E-state index is 14.1. The summed E-state index contributed by atoms with van der Waals surface area (Å²) in [6, 6.07) is 5.67. The zero-order valence-corrected chi connectivity index (χ0v) is 38.9. The molecule has 6 aliphatic rings. The van der Waals surface area contributed by atoms with Gasteiger partial charge in [0, 0.05) is 55.2 Å². The first kappa shape index (κ1) is 49.8. The van der Waals surface area contributed by atoms with Crippen LogP contribution in [-0.2, 0) is 53.8 Å². The number of aliphatic carboxylic acids is 1. The molecule has 0 aromatic heterocycles. The van der Waals surface area contributed by atoms with Gasteiger partial charge in [0.25, 0.3) is 0 Å². The number of benzene rings is 2. The summed E-state index contributed by atoms with van der Waals surface area (Å²) in [7, 11) is 0. The Kier molecular flexibility index (Phi) is 15.1. The largest absolute Gasteiger partial charge is 0.507 e. The van der Waals surface area contributed by atoms with Crippen LogP contribution in [0.3, 0.4) is 0 Å². The number of rotatable bonds is 13. The van der Waals surface area contributed by atoms with Gasteiger partial charge >= 0.3 is 5.97 Å². The molecule has 0 amide bonds. The third-order valence-corrected chi connectivity index (χ3v) is 14.3. The van der Waals surface area contributed by atoms with Gasteiger partial charge in [0.05, 0.1) is 90.3 Å². The molecule has 18 heteroatoms. The van der Waals surface area contributed by atoms with Gasteiger partial charge in [-0.2, -0.15) is 0 Å². The van der Waals surface area contributed by atoms with Crippen molar-refractivity contribution >= 4 is 17.5 Å². The number of aliphatic hydroxyl groups excluding tert-OH is 3. The minimum atomic E-state index is -1.43. The second-order valence-corrected chi connectivity index (χ2v) is 19.5. The van der Waals surface area contributed by atoms with E-state index in [-0.39, 0.29) is 76.7 Å². The van der Waals surface area contributed by atoms with E-state index in [2.05, 4.69) is 0 Å². The molecule has 370 valence electrons. The van der Waals surface area contributed by atoms with E-state index in [1.165, 1.54) is 24.3 Å². The number of hydrogen-bond donors (Lipinski definition) is 6. The summed E-state index contributed by atoms with van der Waals surface area (Å²) in [6.45, 7) is 10.6. The smallest absolute Gasteiger partial charge is 0.306 e. The Morgan fingerprint density at radius 3 is 1.64 bits per heavy atom. The lowest BCUT2D eigenvalue weighted by atomic mass is 9.79. The van der Waals surface area contributed by atoms with Crippen LogP contribution in [0.25, 0.3) is 0 Å². The van der Waals surface area contributed by atoms with Crippen LogP contribution in [0.5, 0.6) is 11.5 Å². The van der Waals surface area contributed by atoms with E-state index in [1.54, 1.807) is 20.8 Å². The molecule has 8 rings (SSSR count). The van der Waals surface area contributed by atoms with Crippen molar-refractivity contribution in [2.24, 2.45) is 0 Å². The van der Waals surface area contributed by atoms with E-state index >= 15 is 0 Å². The molecule has 5 heterocycles. The highest BCUT2D eigenvalue weighted by Gasteiger charge is 2.45. The minimum Gasteiger partial charge on any atom is -0.507 e. The Bertz CT molecular complexity index is 2120. The number of hydrogen-bond acceptors (Lipinski definition) is 17. The van der Waals surface area contributed by atoms with Crippen molar-refractivity contribution in [2.45, 2.75) is 216 Å². The van der Waals surface area contributed by atoms with Crippen molar-refractivity contribution in [1.82, 2.24) is 0 Å². The van der Waals surface area contributed by atoms with Crippen molar-refractivity contribution < 1.29 is 87.7 Å². The predicted octanol–water partition coefficient (Wildman–Crippen LogP) is 4.85. The van der Waals surface area contributed by atoms with Crippen LogP contribution in [0.15, 0.2) is 24.3 Å². The molecule has 0 spiro atoms. The van der Waals surface area contributed by atoms with Gasteiger partial charge in [0.15, 0.2) is 36.7 Å². The molecular formula is C49H66O18. The molecule has 1 aliphatic carbocycles. The second-order valence-electron chi connectivity index (χ2n) is 19.5. The Morgan fingerprint density at radius 2 is 1.10 bits per heavy atom. The van der Waals surface area contributed by atoms with Crippen LogP contribution in [0.4, 0.5) is 0 Å². The highest BCUT2D eigenvalue weighted by Crippen LogP contribution is 2.45. The van der Waals surface area contributed by atoms with Gasteiger partial charge in [0.1, 0.15) is 17.6 Å². The first-order chi connectivity index (χ1) is 31.8. The molecular weight excluding hydrogens is 877 g/mol. The Hall–Kier alpha value is -3.63. The number of ether oxygens (including phenoxy) is 9. The first-order valence-electron chi connectivity index (χ1n) is 23.8. The number of aliphatic hydroxyl groups is 3. The average molecular weight is 943 g/mol. The normalized spacial score (nSPS) is 37.9. The molecule has 0 bridgehead atoms. The summed E-state index contributed by atoms with van der Waals surface area (Å²) in [5, 5.41) is 64.7. The number of phenolic OH excluding ortho intramolecular Hbond substituents is 2. The zero-order valence-electron chi connectivity index (χ0n) is 38.9. The standard InChI is InChI=1S/C49H66O18/c1-22-31(50)11-15-38(60-22)64-34-13-17-40(62-24(34)3)66-48-26(5)59-36(19-33(48)52)28-9-10-30-43(45(28)56)47(58)29-8-7-27(44(55)42(29)46(30)57)20-49(6,21-37(53)54)67-41-18-14-35(25(4)63-41)65-39-16-12-32(51)23(2)61-39/h7-10,22-26,31-36,38-41,48,50-52,55-56H,11-21H2,1-6H3,(H,53,54)/t22-,23-,24-,25-,26+,31-,32-,33+,34-,35-,36+,38-,39-,40-,41-,48+,49+/m0/s1. The fourth-order valence-corrected chi connectivity index (χ4v) is 10.4. The molecule has 2 aromatic carbocycles. The number of fused-ring (bicyclic) bond motifs is 2.